The van der Waals surface area contributed by atoms with Gasteiger partial charge in [-0.3, -0.25) is 0 Å². The first kappa shape index (κ1) is 14.9. The molecule has 0 heterocycles. The minimum absolute atomic E-state index is 0.289. The fourth-order valence-electron chi connectivity index (χ4n) is 1.41. The molecule has 2 aromatic rings. The number of hydrogen-bond donors (Lipinski definition) is 0. The third-order valence-electron chi connectivity index (χ3n) is 2.34. The van der Waals surface area contributed by atoms with Gasteiger partial charge in [0.05, 0.1) is 0 Å². The predicted molar refractivity (Wildman–Crippen MR) is 62.0 cm³/mol. The summed E-state index contributed by atoms with van der Waals surface area (Å²) in [7, 11) is 0. The van der Waals surface area contributed by atoms with Crippen molar-refractivity contribution < 1.29 is 36.7 Å². The van der Waals surface area contributed by atoms with Crippen LogP contribution in [-0.2, 0) is 19.2 Å². The second-order valence-corrected chi connectivity index (χ2v) is 6.33. The summed E-state index contributed by atoms with van der Waals surface area (Å²) in [4.78, 5) is 0. The Bertz CT molecular complexity index is 591. The summed E-state index contributed by atoms with van der Waals surface area (Å²) >= 11 is 9.14. The van der Waals surface area contributed by atoms with E-state index in [2.05, 4.69) is 0 Å². The van der Waals surface area contributed by atoms with Gasteiger partial charge in [-0.15, -0.1) is 0 Å². The standard InChI is InChI=1S/2C6H2ClF2.Ti/c2*7-5-2-1-4(8)3-6(5)9;/h2*1-2H;. The quantitative estimate of drug-likeness (QED) is 0.444. The van der Waals surface area contributed by atoms with E-state index in [1.165, 1.54) is 0 Å². The maximum atomic E-state index is 13.7. The number of rotatable bonds is 2. The third kappa shape index (κ3) is 2.97. The van der Waals surface area contributed by atoms with Crippen molar-refractivity contribution in [3.05, 3.63) is 57.6 Å². The van der Waals surface area contributed by atoms with E-state index < -0.39 is 42.4 Å². The van der Waals surface area contributed by atoms with E-state index in [-0.39, 0.29) is 17.8 Å². The Balaban J connectivity index is 2.54. The van der Waals surface area contributed by atoms with Crippen LogP contribution in [0.1, 0.15) is 0 Å². The van der Waals surface area contributed by atoms with E-state index in [0.717, 1.165) is 24.3 Å². The Morgan fingerprint density at radius 1 is 0.684 bits per heavy atom. The molecule has 0 aliphatic rings. The summed E-state index contributed by atoms with van der Waals surface area (Å²) < 4.78 is 53.7. The zero-order valence-corrected chi connectivity index (χ0v) is 12.2. The fraction of sp³-hybridized carbons (Fsp3) is 0. The van der Waals surface area contributed by atoms with Crippen LogP contribution in [0.4, 0.5) is 17.6 Å². The molecule has 2 rings (SSSR count). The zero-order valence-electron chi connectivity index (χ0n) is 9.08. The molecular weight excluding hydrogens is 339 g/mol. The first-order valence-electron chi connectivity index (χ1n) is 4.96. The SMILES string of the molecule is Fc1ccc(Cl)c(F)[c]1[Ti][c]1c(F)ccc(Cl)c1F. The van der Waals surface area contributed by atoms with Crippen molar-refractivity contribution in [1.29, 1.82) is 0 Å². The van der Waals surface area contributed by atoms with Crippen LogP contribution in [0.15, 0.2) is 24.3 Å². The Kier molecular flexibility index (Phi) is 4.56. The van der Waals surface area contributed by atoms with Gasteiger partial charge in [0.2, 0.25) is 0 Å². The van der Waals surface area contributed by atoms with Crippen LogP contribution in [0.2, 0.25) is 10.0 Å². The third-order valence-corrected chi connectivity index (χ3v) is 5.13. The van der Waals surface area contributed by atoms with E-state index in [4.69, 9.17) is 23.2 Å². The van der Waals surface area contributed by atoms with E-state index in [1.54, 1.807) is 0 Å². The molecular formula is C12H4Cl2F4Ti. The Hall–Kier alpha value is -0.546. The molecule has 0 fully saturated rings. The molecule has 98 valence electrons. The van der Waals surface area contributed by atoms with Gasteiger partial charge in [-0.1, -0.05) is 0 Å². The van der Waals surface area contributed by atoms with Crippen molar-refractivity contribution in [2.45, 2.75) is 0 Å². The van der Waals surface area contributed by atoms with Crippen molar-refractivity contribution in [3.63, 3.8) is 0 Å². The summed E-state index contributed by atoms with van der Waals surface area (Å²) in [6.45, 7) is 0. The van der Waals surface area contributed by atoms with Gasteiger partial charge in [0.1, 0.15) is 0 Å². The van der Waals surface area contributed by atoms with Crippen LogP contribution in [0.25, 0.3) is 0 Å². The van der Waals surface area contributed by atoms with Crippen molar-refractivity contribution in [3.8, 4) is 0 Å². The summed E-state index contributed by atoms with van der Waals surface area (Å²) in [5.74, 6) is -3.72. The molecule has 19 heavy (non-hydrogen) atoms. The average molecular weight is 343 g/mol. The topological polar surface area (TPSA) is 0 Å². The van der Waals surface area contributed by atoms with Crippen molar-refractivity contribution >= 4 is 30.9 Å². The second-order valence-electron chi connectivity index (χ2n) is 3.56. The summed E-state index contributed by atoms with van der Waals surface area (Å²) in [6, 6.07) is 4.02. The van der Waals surface area contributed by atoms with Gasteiger partial charge in [0, 0.05) is 0 Å². The van der Waals surface area contributed by atoms with Crippen LogP contribution in [0.3, 0.4) is 0 Å². The molecule has 0 unspecified atom stereocenters. The Labute approximate surface area is 125 Å². The molecule has 0 nitrogen and oxygen atoms in total. The van der Waals surface area contributed by atoms with Gasteiger partial charge >= 0.3 is 125 Å². The van der Waals surface area contributed by atoms with E-state index >= 15 is 0 Å². The molecule has 0 atom stereocenters. The molecule has 0 radical (unpaired) electrons. The van der Waals surface area contributed by atoms with Crippen LogP contribution >= 0.6 is 23.2 Å². The molecule has 0 bridgehead atoms. The Morgan fingerprint density at radius 2 is 1.05 bits per heavy atom. The van der Waals surface area contributed by atoms with Gasteiger partial charge < -0.3 is 0 Å². The summed E-state index contributed by atoms with van der Waals surface area (Å²) in [5, 5.41) is -0.578. The first-order valence-corrected chi connectivity index (χ1v) is 7.27. The molecule has 0 saturated carbocycles. The number of halogens is 6. The predicted octanol–water partition coefficient (Wildman–Crippen LogP) is 3.58. The summed E-state index contributed by atoms with van der Waals surface area (Å²) in [5.41, 5.74) is 0. The first-order chi connectivity index (χ1) is 8.91. The van der Waals surface area contributed by atoms with Crippen LogP contribution < -0.4 is 7.74 Å². The zero-order chi connectivity index (χ0) is 14.2. The molecule has 7 heteroatoms. The van der Waals surface area contributed by atoms with Crippen molar-refractivity contribution in [2.75, 3.05) is 0 Å². The summed E-state index contributed by atoms with van der Waals surface area (Å²) in [6.07, 6.45) is 0. The van der Waals surface area contributed by atoms with Gasteiger partial charge in [-0.2, -0.15) is 0 Å². The molecule has 0 spiro atoms. The van der Waals surface area contributed by atoms with E-state index in [1.807, 2.05) is 0 Å². The van der Waals surface area contributed by atoms with Crippen molar-refractivity contribution in [2.24, 2.45) is 0 Å². The van der Waals surface area contributed by atoms with Gasteiger partial charge in [0.15, 0.2) is 0 Å². The molecule has 0 aliphatic carbocycles. The minimum atomic E-state index is -1.92. The molecule has 0 aliphatic heterocycles. The van der Waals surface area contributed by atoms with E-state index in [0.29, 0.717) is 0 Å². The molecule has 2 aromatic carbocycles. The average Bonchev–Trinajstić information content (AvgIpc) is 2.38. The van der Waals surface area contributed by atoms with Crippen LogP contribution in [0.5, 0.6) is 0 Å². The van der Waals surface area contributed by atoms with Crippen molar-refractivity contribution in [1.82, 2.24) is 0 Å². The van der Waals surface area contributed by atoms with Gasteiger partial charge in [0.25, 0.3) is 0 Å². The fourth-order valence-corrected chi connectivity index (χ4v) is 3.76. The van der Waals surface area contributed by atoms with E-state index in [9.17, 15) is 17.6 Å². The van der Waals surface area contributed by atoms with Gasteiger partial charge in [-0.25, -0.2) is 0 Å². The number of benzene rings is 2. The second kappa shape index (κ2) is 5.84. The monoisotopic (exact) mass is 342 g/mol. The molecule has 0 N–H and O–H groups in total. The normalized spacial score (nSPS) is 10.6. The number of hydrogen-bond acceptors (Lipinski definition) is 0. The molecule has 0 amide bonds. The van der Waals surface area contributed by atoms with Crippen LogP contribution in [-0.4, -0.2) is 0 Å². The van der Waals surface area contributed by atoms with Crippen LogP contribution in [0, 0.1) is 23.3 Å². The molecule has 0 saturated heterocycles. The molecule has 0 aromatic heterocycles. The van der Waals surface area contributed by atoms with Gasteiger partial charge in [-0.05, 0) is 0 Å². The maximum absolute atomic E-state index is 13.7. The Morgan fingerprint density at radius 3 is 1.42 bits per heavy atom.